The standard InChI is InChI=1S/C22H21N3O3/c1-15(26)25(17-10-11-18-19(13-17)28-14-27-18)22-21(16-7-3-2-4-8-16)23-20-9-5-6-12-24(20)22/h2-3,5-6,9-13,16H,4,7-8,14H2,1H3. The van der Waals surface area contributed by atoms with Crippen LogP contribution in [0.1, 0.15) is 37.8 Å². The fraction of sp³-hybridized carbons (Fsp3) is 0.273. The number of pyridine rings is 1. The second-order valence-electron chi connectivity index (χ2n) is 7.12. The van der Waals surface area contributed by atoms with Crippen LogP contribution in [0.5, 0.6) is 11.5 Å². The number of imidazole rings is 1. The van der Waals surface area contributed by atoms with Crippen molar-refractivity contribution in [3.05, 3.63) is 60.4 Å². The van der Waals surface area contributed by atoms with E-state index in [4.69, 9.17) is 14.5 Å². The molecular weight excluding hydrogens is 354 g/mol. The van der Waals surface area contributed by atoms with Gasteiger partial charge in [0, 0.05) is 25.1 Å². The molecule has 1 atom stereocenters. The summed E-state index contributed by atoms with van der Waals surface area (Å²) >= 11 is 0. The third-order valence-corrected chi connectivity index (χ3v) is 5.33. The van der Waals surface area contributed by atoms with Crippen LogP contribution in [0.25, 0.3) is 5.65 Å². The SMILES string of the molecule is CC(=O)N(c1ccc2c(c1)OCO2)c1c(C2CC=CCC2)nc2ccccn12. The van der Waals surface area contributed by atoms with Gasteiger partial charge in [-0.25, -0.2) is 4.98 Å². The highest BCUT2D eigenvalue weighted by Gasteiger charge is 2.29. The average molecular weight is 375 g/mol. The van der Waals surface area contributed by atoms with Crippen LogP contribution in [0.3, 0.4) is 0 Å². The molecule has 3 heterocycles. The van der Waals surface area contributed by atoms with Gasteiger partial charge in [0.1, 0.15) is 11.5 Å². The fourth-order valence-electron chi connectivity index (χ4n) is 4.02. The van der Waals surface area contributed by atoms with Crippen LogP contribution in [-0.2, 0) is 4.79 Å². The number of allylic oxidation sites excluding steroid dienone is 2. The molecule has 2 aliphatic rings. The minimum absolute atomic E-state index is 0.0721. The van der Waals surface area contributed by atoms with Gasteiger partial charge in [-0.2, -0.15) is 0 Å². The van der Waals surface area contributed by atoms with Gasteiger partial charge in [0.2, 0.25) is 12.7 Å². The van der Waals surface area contributed by atoms with Crippen LogP contribution in [0, 0.1) is 0 Å². The monoisotopic (exact) mass is 375 g/mol. The zero-order chi connectivity index (χ0) is 19.1. The largest absolute Gasteiger partial charge is 0.454 e. The molecule has 1 aromatic carbocycles. The fourth-order valence-corrected chi connectivity index (χ4v) is 4.02. The van der Waals surface area contributed by atoms with Gasteiger partial charge in [-0.3, -0.25) is 14.1 Å². The first kappa shape index (κ1) is 16.9. The van der Waals surface area contributed by atoms with E-state index in [-0.39, 0.29) is 18.6 Å². The number of hydrogen-bond donors (Lipinski definition) is 0. The summed E-state index contributed by atoms with van der Waals surface area (Å²) in [6.07, 6.45) is 9.38. The summed E-state index contributed by atoms with van der Waals surface area (Å²) in [5.41, 5.74) is 2.55. The molecule has 0 spiro atoms. The van der Waals surface area contributed by atoms with Crippen molar-refractivity contribution >= 4 is 23.1 Å². The molecule has 1 unspecified atom stereocenters. The predicted octanol–water partition coefficient (Wildman–Crippen LogP) is 4.57. The van der Waals surface area contributed by atoms with Crippen LogP contribution < -0.4 is 14.4 Å². The number of hydrogen-bond acceptors (Lipinski definition) is 4. The Hall–Kier alpha value is -3.28. The lowest BCUT2D eigenvalue weighted by atomic mass is 9.91. The molecule has 0 N–H and O–H groups in total. The first-order valence-electron chi connectivity index (χ1n) is 9.54. The maximum atomic E-state index is 12.8. The molecule has 0 bridgehead atoms. The lowest BCUT2D eigenvalue weighted by Gasteiger charge is -2.25. The normalized spacial score (nSPS) is 17.8. The van der Waals surface area contributed by atoms with E-state index in [2.05, 4.69) is 12.2 Å². The number of anilines is 2. The Morgan fingerprint density at radius 1 is 1.18 bits per heavy atom. The lowest BCUT2D eigenvalue weighted by Crippen LogP contribution is -2.26. The molecule has 28 heavy (non-hydrogen) atoms. The molecule has 3 aromatic rings. The number of benzene rings is 1. The van der Waals surface area contributed by atoms with Crippen molar-refractivity contribution < 1.29 is 14.3 Å². The highest BCUT2D eigenvalue weighted by molar-refractivity contribution is 5.99. The zero-order valence-corrected chi connectivity index (χ0v) is 15.7. The van der Waals surface area contributed by atoms with Gasteiger partial charge in [0.05, 0.1) is 11.4 Å². The van der Waals surface area contributed by atoms with Crippen molar-refractivity contribution in [2.45, 2.75) is 32.1 Å². The van der Waals surface area contributed by atoms with E-state index in [1.54, 1.807) is 11.8 Å². The first-order valence-corrected chi connectivity index (χ1v) is 9.54. The highest BCUT2D eigenvalue weighted by Crippen LogP contribution is 2.41. The number of nitrogens with zero attached hydrogens (tertiary/aromatic N) is 3. The zero-order valence-electron chi connectivity index (χ0n) is 15.7. The second-order valence-corrected chi connectivity index (χ2v) is 7.12. The molecule has 142 valence electrons. The molecular formula is C22H21N3O3. The van der Waals surface area contributed by atoms with Gasteiger partial charge in [0.15, 0.2) is 11.5 Å². The van der Waals surface area contributed by atoms with Crippen LogP contribution in [0.15, 0.2) is 54.7 Å². The Bertz CT molecular complexity index is 1090. The summed E-state index contributed by atoms with van der Waals surface area (Å²) in [7, 11) is 0. The minimum Gasteiger partial charge on any atom is -0.454 e. The Morgan fingerprint density at radius 3 is 2.89 bits per heavy atom. The first-order chi connectivity index (χ1) is 13.7. The summed E-state index contributed by atoms with van der Waals surface area (Å²) in [6, 6.07) is 11.5. The van der Waals surface area contributed by atoms with Crippen molar-refractivity contribution in [3.8, 4) is 11.5 Å². The van der Waals surface area contributed by atoms with E-state index in [1.165, 1.54) is 0 Å². The van der Waals surface area contributed by atoms with Crippen LogP contribution in [-0.4, -0.2) is 22.1 Å². The molecule has 6 nitrogen and oxygen atoms in total. The van der Waals surface area contributed by atoms with Gasteiger partial charge < -0.3 is 9.47 Å². The second kappa shape index (κ2) is 6.71. The summed E-state index contributed by atoms with van der Waals surface area (Å²) in [6.45, 7) is 1.78. The smallest absolute Gasteiger partial charge is 0.231 e. The summed E-state index contributed by atoms with van der Waals surface area (Å²) < 4.78 is 13.0. The van der Waals surface area contributed by atoms with Crippen molar-refractivity contribution in [1.82, 2.24) is 9.38 Å². The van der Waals surface area contributed by atoms with Crippen molar-refractivity contribution in [1.29, 1.82) is 0 Å². The molecule has 5 rings (SSSR count). The maximum absolute atomic E-state index is 12.8. The molecule has 0 saturated carbocycles. The van der Waals surface area contributed by atoms with Gasteiger partial charge >= 0.3 is 0 Å². The molecule has 6 heteroatoms. The van der Waals surface area contributed by atoms with Gasteiger partial charge in [0.25, 0.3) is 0 Å². The number of rotatable bonds is 3. The Morgan fingerprint density at radius 2 is 2.07 bits per heavy atom. The Balaban J connectivity index is 1.70. The molecule has 1 amide bonds. The number of carbonyl (C=O) groups is 1. The summed E-state index contributed by atoms with van der Waals surface area (Å²) in [4.78, 5) is 19.5. The van der Waals surface area contributed by atoms with Gasteiger partial charge in [-0.15, -0.1) is 0 Å². The van der Waals surface area contributed by atoms with Gasteiger partial charge in [-0.05, 0) is 43.5 Å². The summed E-state index contributed by atoms with van der Waals surface area (Å²) in [5.74, 6) is 2.37. The molecule has 0 fully saturated rings. The Labute approximate surface area is 163 Å². The van der Waals surface area contributed by atoms with Crippen LogP contribution in [0.4, 0.5) is 11.5 Å². The topological polar surface area (TPSA) is 56.1 Å². The number of ether oxygens (including phenoxy) is 2. The quantitative estimate of drug-likeness (QED) is 0.629. The average Bonchev–Trinajstić information content (AvgIpc) is 3.33. The van der Waals surface area contributed by atoms with Crippen LogP contribution >= 0.6 is 0 Å². The van der Waals surface area contributed by atoms with Gasteiger partial charge in [-0.1, -0.05) is 18.2 Å². The van der Waals surface area contributed by atoms with Crippen molar-refractivity contribution in [2.75, 3.05) is 11.7 Å². The minimum atomic E-state index is -0.0721. The predicted molar refractivity (Wildman–Crippen MR) is 106 cm³/mol. The lowest BCUT2D eigenvalue weighted by molar-refractivity contribution is -0.115. The third kappa shape index (κ3) is 2.72. The molecule has 1 aliphatic carbocycles. The number of carbonyl (C=O) groups excluding carboxylic acids is 1. The van der Waals surface area contributed by atoms with E-state index >= 15 is 0 Å². The van der Waals surface area contributed by atoms with Crippen molar-refractivity contribution in [3.63, 3.8) is 0 Å². The van der Waals surface area contributed by atoms with Crippen LogP contribution in [0.2, 0.25) is 0 Å². The molecule has 1 aliphatic heterocycles. The van der Waals surface area contributed by atoms with E-state index in [9.17, 15) is 4.79 Å². The third-order valence-electron chi connectivity index (χ3n) is 5.33. The van der Waals surface area contributed by atoms with Crippen molar-refractivity contribution in [2.24, 2.45) is 0 Å². The molecule has 2 aromatic heterocycles. The summed E-state index contributed by atoms with van der Waals surface area (Å²) in [5, 5.41) is 0. The van der Waals surface area contributed by atoms with E-state index in [1.807, 2.05) is 47.0 Å². The number of aromatic nitrogens is 2. The van der Waals surface area contributed by atoms with E-state index in [0.29, 0.717) is 11.5 Å². The van der Waals surface area contributed by atoms with E-state index in [0.717, 1.165) is 42.1 Å². The van der Waals surface area contributed by atoms with E-state index < -0.39 is 0 Å². The highest BCUT2D eigenvalue weighted by atomic mass is 16.7. The maximum Gasteiger partial charge on any atom is 0.231 e. The molecule has 0 saturated heterocycles. The number of amides is 1. The molecule has 0 radical (unpaired) electrons. The Kier molecular flexibility index (Phi) is 4.04. The number of fused-ring (bicyclic) bond motifs is 2.